The maximum Gasteiger partial charge on any atom is 0.276 e. The Balaban J connectivity index is 1.39. The van der Waals surface area contributed by atoms with Crippen LogP contribution in [0.25, 0.3) is 11.3 Å². The number of aromatic nitrogens is 3. The van der Waals surface area contributed by atoms with Crippen LogP contribution in [0.3, 0.4) is 0 Å². The zero-order valence-electron chi connectivity index (χ0n) is 14.5. The van der Waals surface area contributed by atoms with Crippen LogP contribution in [0.5, 0.6) is 0 Å². The fourth-order valence-corrected chi connectivity index (χ4v) is 3.32. The standard InChI is InChI=1S/C19H18F2N4O2/c20-15-3-2-14(10-16(15)21)18-11-17(23-27-18)19(26)24-8-4-13(5-9-24)12-25-7-1-6-22-25/h1-3,6-7,10-11,13H,4-5,8-9,12H2. The van der Waals surface area contributed by atoms with Gasteiger partial charge >= 0.3 is 0 Å². The van der Waals surface area contributed by atoms with E-state index in [1.807, 2.05) is 16.9 Å². The van der Waals surface area contributed by atoms with Gasteiger partial charge in [-0.2, -0.15) is 5.10 Å². The van der Waals surface area contributed by atoms with Crippen molar-refractivity contribution in [2.24, 2.45) is 5.92 Å². The zero-order valence-corrected chi connectivity index (χ0v) is 14.5. The molecule has 140 valence electrons. The lowest BCUT2D eigenvalue weighted by Crippen LogP contribution is -2.39. The molecular weight excluding hydrogens is 354 g/mol. The van der Waals surface area contributed by atoms with E-state index < -0.39 is 11.6 Å². The van der Waals surface area contributed by atoms with Crippen molar-refractivity contribution in [3.63, 3.8) is 0 Å². The van der Waals surface area contributed by atoms with Crippen LogP contribution in [-0.2, 0) is 6.54 Å². The summed E-state index contributed by atoms with van der Waals surface area (Å²) in [5, 5.41) is 8.02. The highest BCUT2D eigenvalue weighted by Crippen LogP contribution is 2.24. The van der Waals surface area contributed by atoms with Crippen LogP contribution in [-0.4, -0.2) is 38.8 Å². The third-order valence-electron chi connectivity index (χ3n) is 4.84. The van der Waals surface area contributed by atoms with Gasteiger partial charge in [-0.1, -0.05) is 5.16 Å². The van der Waals surface area contributed by atoms with Gasteiger partial charge in [-0.25, -0.2) is 8.78 Å². The van der Waals surface area contributed by atoms with E-state index >= 15 is 0 Å². The molecule has 3 heterocycles. The first-order chi connectivity index (χ1) is 13.1. The maximum absolute atomic E-state index is 13.4. The number of halogens is 2. The molecule has 1 amide bonds. The predicted octanol–water partition coefficient (Wildman–Crippen LogP) is 3.37. The molecule has 6 nitrogen and oxygen atoms in total. The lowest BCUT2D eigenvalue weighted by atomic mass is 9.96. The van der Waals surface area contributed by atoms with Crippen LogP contribution in [0.15, 0.2) is 47.2 Å². The fourth-order valence-electron chi connectivity index (χ4n) is 3.32. The van der Waals surface area contributed by atoms with Crippen LogP contribution in [0.2, 0.25) is 0 Å². The zero-order chi connectivity index (χ0) is 18.8. The number of piperidine rings is 1. The summed E-state index contributed by atoms with van der Waals surface area (Å²) in [7, 11) is 0. The summed E-state index contributed by atoms with van der Waals surface area (Å²) in [5.74, 6) is -1.43. The molecule has 1 aromatic carbocycles. The van der Waals surface area contributed by atoms with Gasteiger partial charge in [0.1, 0.15) is 0 Å². The van der Waals surface area contributed by atoms with Crippen LogP contribution < -0.4 is 0 Å². The normalized spacial score (nSPS) is 15.3. The minimum atomic E-state index is -0.976. The molecule has 1 aliphatic heterocycles. The largest absolute Gasteiger partial charge is 0.355 e. The second kappa shape index (κ2) is 7.30. The van der Waals surface area contributed by atoms with Crippen molar-refractivity contribution in [2.75, 3.05) is 13.1 Å². The Hall–Kier alpha value is -3.03. The lowest BCUT2D eigenvalue weighted by Gasteiger charge is -2.31. The summed E-state index contributed by atoms with van der Waals surface area (Å²) in [6, 6.07) is 6.77. The first-order valence-electron chi connectivity index (χ1n) is 8.79. The smallest absolute Gasteiger partial charge is 0.276 e. The van der Waals surface area contributed by atoms with Gasteiger partial charge in [0, 0.05) is 43.7 Å². The number of carbonyl (C=O) groups is 1. The number of nitrogens with zero attached hydrogens (tertiary/aromatic N) is 4. The average Bonchev–Trinajstić information content (AvgIpc) is 3.36. The molecule has 0 unspecified atom stereocenters. The molecule has 3 aromatic rings. The van der Waals surface area contributed by atoms with Gasteiger partial charge in [0.05, 0.1) is 0 Å². The van der Waals surface area contributed by atoms with Crippen LogP contribution in [0, 0.1) is 17.6 Å². The summed E-state index contributed by atoms with van der Waals surface area (Å²) in [5.41, 5.74) is 0.499. The number of benzene rings is 1. The van der Waals surface area contributed by atoms with Crippen molar-refractivity contribution in [1.29, 1.82) is 0 Å². The molecule has 0 aliphatic carbocycles. The molecular formula is C19H18F2N4O2. The van der Waals surface area contributed by atoms with Gasteiger partial charge in [-0.3, -0.25) is 9.48 Å². The lowest BCUT2D eigenvalue weighted by molar-refractivity contribution is 0.0671. The van der Waals surface area contributed by atoms with Gasteiger partial charge in [0.2, 0.25) is 0 Å². The molecule has 2 aromatic heterocycles. The van der Waals surface area contributed by atoms with Gasteiger partial charge < -0.3 is 9.42 Å². The van der Waals surface area contributed by atoms with Crippen LogP contribution >= 0.6 is 0 Å². The first-order valence-corrected chi connectivity index (χ1v) is 8.79. The monoisotopic (exact) mass is 372 g/mol. The summed E-state index contributed by atoms with van der Waals surface area (Å²) >= 11 is 0. The van der Waals surface area contributed by atoms with Crippen molar-refractivity contribution in [3.8, 4) is 11.3 Å². The summed E-state index contributed by atoms with van der Waals surface area (Å²) in [6.45, 7) is 2.12. The fraction of sp³-hybridized carbons (Fsp3) is 0.316. The first kappa shape index (κ1) is 17.4. The van der Waals surface area contributed by atoms with E-state index in [4.69, 9.17) is 4.52 Å². The van der Waals surface area contributed by atoms with E-state index in [1.54, 1.807) is 11.1 Å². The Labute approximate surface area is 154 Å². The summed E-state index contributed by atoms with van der Waals surface area (Å²) < 4.78 is 33.5. The van der Waals surface area contributed by atoms with E-state index in [1.165, 1.54) is 12.1 Å². The number of amides is 1. The van der Waals surface area contributed by atoms with Gasteiger partial charge in [0.25, 0.3) is 5.91 Å². The van der Waals surface area contributed by atoms with Gasteiger partial charge in [0.15, 0.2) is 23.1 Å². The molecule has 27 heavy (non-hydrogen) atoms. The molecule has 1 aliphatic rings. The maximum atomic E-state index is 13.4. The van der Waals surface area contributed by atoms with Gasteiger partial charge in [-0.15, -0.1) is 0 Å². The minimum Gasteiger partial charge on any atom is -0.355 e. The molecule has 0 atom stereocenters. The van der Waals surface area contributed by atoms with Crippen molar-refractivity contribution < 1.29 is 18.1 Å². The molecule has 1 saturated heterocycles. The molecule has 0 N–H and O–H groups in total. The van der Waals surface area contributed by atoms with E-state index in [2.05, 4.69) is 10.3 Å². The van der Waals surface area contributed by atoms with Crippen molar-refractivity contribution >= 4 is 5.91 Å². The van der Waals surface area contributed by atoms with Crippen LogP contribution in [0.4, 0.5) is 8.78 Å². The highest BCUT2D eigenvalue weighted by Gasteiger charge is 2.26. The number of rotatable bonds is 4. The average molecular weight is 372 g/mol. The Bertz CT molecular complexity index is 931. The molecule has 0 radical (unpaired) electrons. The summed E-state index contributed by atoms with van der Waals surface area (Å²) in [4.78, 5) is 14.4. The molecule has 1 fully saturated rings. The van der Waals surface area contributed by atoms with Crippen molar-refractivity contribution in [3.05, 3.63) is 60.1 Å². The van der Waals surface area contributed by atoms with E-state index in [0.29, 0.717) is 24.6 Å². The number of hydrogen-bond donors (Lipinski definition) is 0. The molecule has 8 heteroatoms. The van der Waals surface area contributed by atoms with Crippen molar-refractivity contribution in [2.45, 2.75) is 19.4 Å². The molecule has 4 rings (SSSR count). The Morgan fingerprint density at radius 3 is 2.70 bits per heavy atom. The second-order valence-electron chi connectivity index (χ2n) is 6.67. The van der Waals surface area contributed by atoms with Crippen LogP contribution in [0.1, 0.15) is 23.3 Å². The topological polar surface area (TPSA) is 64.2 Å². The van der Waals surface area contributed by atoms with Crippen molar-refractivity contribution in [1.82, 2.24) is 19.8 Å². The third-order valence-corrected chi connectivity index (χ3v) is 4.84. The van der Waals surface area contributed by atoms with E-state index in [0.717, 1.165) is 31.5 Å². The molecule has 0 spiro atoms. The Morgan fingerprint density at radius 2 is 2.00 bits per heavy atom. The number of likely N-dealkylation sites (tertiary alicyclic amines) is 1. The quantitative estimate of drug-likeness (QED) is 0.704. The predicted molar refractivity (Wildman–Crippen MR) is 92.7 cm³/mol. The SMILES string of the molecule is O=C(c1cc(-c2ccc(F)c(F)c2)on1)N1CCC(Cn2cccn2)CC1. The third kappa shape index (κ3) is 3.74. The summed E-state index contributed by atoms with van der Waals surface area (Å²) in [6.07, 6.45) is 5.47. The number of carbonyl (C=O) groups excluding carboxylic acids is 1. The second-order valence-corrected chi connectivity index (χ2v) is 6.67. The highest BCUT2D eigenvalue weighted by molar-refractivity contribution is 5.93. The van der Waals surface area contributed by atoms with Gasteiger partial charge in [-0.05, 0) is 43.0 Å². The number of hydrogen-bond acceptors (Lipinski definition) is 4. The Morgan fingerprint density at radius 1 is 1.19 bits per heavy atom. The molecule has 0 bridgehead atoms. The Kier molecular flexibility index (Phi) is 4.70. The van der Waals surface area contributed by atoms with E-state index in [-0.39, 0.29) is 17.4 Å². The molecule has 0 saturated carbocycles. The highest BCUT2D eigenvalue weighted by atomic mass is 19.2. The minimum absolute atomic E-state index is 0.167. The van der Waals surface area contributed by atoms with E-state index in [9.17, 15) is 13.6 Å².